The zero-order chi connectivity index (χ0) is 31.8. The van der Waals surface area contributed by atoms with Gasteiger partial charge in [0.05, 0.1) is 0 Å². The van der Waals surface area contributed by atoms with Gasteiger partial charge in [-0.15, -0.1) is 0 Å². The standard InChI is InChI=1S/C32H49N5O6/c1-6-32(5)30(43)34-24(20-22-14-12-21(13-15-22)16-17-26(39)35-31(2,3)4)29(42)37-18-9-11-25(37)28(41)33-23(27(40)36-32)10-7-8-19-38/h12-15,23-25,38H,6-11,16-20H2,1-5H3,(H,33,41)(H,34,43)(H,35,39)(H,36,40)/t23-,24-,25+,32-/m0/s1. The minimum absolute atomic E-state index is 0.0233. The maximum Gasteiger partial charge on any atom is 0.246 e. The fourth-order valence-corrected chi connectivity index (χ4v) is 5.50. The molecule has 0 unspecified atom stereocenters. The van der Waals surface area contributed by atoms with Crippen LogP contribution in [-0.4, -0.2) is 81.9 Å². The van der Waals surface area contributed by atoms with E-state index in [0.717, 1.165) is 11.1 Å². The van der Waals surface area contributed by atoms with Crippen LogP contribution in [0.2, 0.25) is 0 Å². The first-order chi connectivity index (χ1) is 20.3. The summed E-state index contributed by atoms with van der Waals surface area (Å²) in [5.41, 5.74) is 0.198. The van der Waals surface area contributed by atoms with Crippen LogP contribution in [0.4, 0.5) is 0 Å². The van der Waals surface area contributed by atoms with Gasteiger partial charge in [-0.2, -0.15) is 0 Å². The van der Waals surface area contributed by atoms with Gasteiger partial charge in [0.15, 0.2) is 0 Å². The van der Waals surface area contributed by atoms with Crippen LogP contribution in [0.1, 0.15) is 90.7 Å². The zero-order valence-electron chi connectivity index (χ0n) is 26.3. The number of benzene rings is 1. The third-order valence-electron chi connectivity index (χ3n) is 8.20. The van der Waals surface area contributed by atoms with E-state index in [9.17, 15) is 29.1 Å². The molecule has 1 aromatic rings. The average Bonchev–Trinajstić information content (AvgIpc) is 3.44. The second kappa shape index (κ2) is 14.8. The number of fused-ring (bicyclic) bond motifs is 1. The molecule has 2 fully saturated rings. The highest BCUT2D eigenvalue weighted by atomic mass is 16.3. The molecule has 0 aliphatic carbocycles. The molecule has 2 aliphatic rings. The van der Waals surface area contributed by atoms with E-state index in [2.05, 4.69) is 21.3 Å². The van der Waals surface area contributed by atoms with Crippen molar-refractivity contribution in [3.63, 3.8) is 0 Å². The molecule has 2 aliphatic heterocycles. The SMILES string of the molecule is CC[C@]1(C)NC(=O)[C@H](CCCCO)NC(=O)[C@H]2CCCN2C(=O)[C@H](Cc2ccc(CCC(=O)NC(C)(C)C)cc2)NC1=O. The third-order valence-corrected chi connectivity index (χ3v) is 8.20. The predicted octanol–water partition coefficient (Wildman–Crippen LogP) is 1.50. The van der Waals surface area contributed by atoms with Crippen LogP contribution in [0.15, 0.2) is 24.3 Å². The van der Waals surface area contributed by atoms with Crippen molar-refractivity contribution in [3.05, 3.63) is 35.4 Å². The van der Waals surface area contributed by atoms with Gasteiger partial charge in [0, 0.05) is 31.5 Å². The highest BCUT2D eigenvalue weighted by molar-refractivity contribution is 5.99. The molecule has 11 nitrogen and oxygen atoms in total. The van der Waals surface area contributed by atoms with Crippen LogP contribution >= 0.6 is 0 Å². The second-order valence-corrected chi connectivity index (χ2v) is 13.0. The number of aliphatic hydroxyl groups is 1. The fourth-order valence-electron chi connectivity index (χ4n) is 5.50. The number of nitrogens with one attached hydrogen (secondary N) is 4. The number of aryl methyl sites for hydroxylation is 1. The minimum Gasteiger partial charge on any atom is -0.396 e. The Hall–Kier alpha value is -3.47. The van der Waals surface area contributed by atoms with Crippen molar-refractivity contribution in [3.8, 4) is 0 Å². The van der Waals surface area contributed by atoms with Crippen molar-refractivity contribution < 1.29 is 29.1 Å². The number of carbonyl (C=O) groups is 5. The first kappa shape index (κ1) is 34.0. The molecule has 2 heterocycles. The van der Waals surface area contributed by atoms with E-state index in [4.69, 9.17) is 0 Å². The van der Waals surface area contributed by atoms with Gasteiger partial charge >= 0.3 is 0 Å². The summed E-state index contributed by atoms with van der Waals surface area (Å²) in [5, 5.41) is 20.7. The van der Waals surface area contributed by atoms with Gasteiger partial charge in [0.2, 0.25) is 29.5 Å². The second-order valence-electron chi connectivity index (χ2n) is 13.0. The highest BCUT2D eigenvalue weighted by Gasteiger charge is 2.43. The van der Waals surface area contributed by atoms with E-state index >= 15 is 0 Å². The van der Waals surface area contributed by atoms with Crippen LogP contribution in [0.3, 0.4) is 0 Å². The Labute approximate surface area is 254 Å². The molecule has 1 aromatic carbocycles. The molecule has 0 aromatic heterocycles. The van der Waals surface area contributed by atoms with Crippen molar-refractivity contribution in [1.82, 2.24) is 26.2 Å². The lowest BCUT2D eigenvalue weighted by atomic mass is 9.94. The summed E-state index contributed by atoms with van der Waals surface area (Å²) in [6, 6.07) is 5.05. The van der Waals surface area contributed by atoms with Crippen LogP contribution in [0.5, 0.6) is 0 Å². The third kappa shape index (κ3) is 9.51. The van der Waals surface area contributed by atoms with Gasteiger partial charge in [-0.1, -0.05) is 31.2 Å². The van der Waals surface area contributed by atoms with Crippen molar-refractivity contribution in [2.45, 2.75) is 122 Å². The van der Waals surface area contributed by atoms with Gasteiger partial charge in [-0.25, -0.2) is 0 Å². The Morgan fingerprint density at radius 1 is 1.02 bits per heavy atom. The molecule has 0 radical (unpaired) electrons. The van der Waals surface area contributed by atoms with Gasteiger partial charge in [-0.05, 0) is 83.8 Å². The monoisotopic (exact) mass is 599 g/mol. The van der Waals surface area contributed by atoms with Crippen LogP contribution in [0.25, 0.3) is 0 Å². The fraction of sp³-hybridized carbons (Fsp3) is 0.656. The van der Waals surface area contributed by atoms with E-state index in [1.54, 1.807) is 13.8 Å². The first-order valence-corrected chi connectivity index (χ1v) is 15.5. The largest absolute Gasteiger partial charge is 0.396 e. The molecule has 238 valence electrons. The number of hydrogen-bond donors (Lipinski definition) is 5. The van der Waals surface area contributed by atoms with Gasteiger partial charge in [0.1, 0.15) is 23.7 Å². The van der Waals surface area contributed by atoms with Crippen molar-refractivity contribution in [2.24, 2.45) is 0 Å². The van der Waals surface area contributed by atoms with E-state index in [-0.39, 0.29) is 36.8 Å². The molecule has 5 amide bonds. The summed E-state index contributed by atoms with van der Waals surface area (Å²) < 4.78 is 0. The molecule has 2 saturated heterocycles. The summed E-state index contributed by atoms with van der Waals surface area (Å²) in [6.07, 6.45) is 3.81. The number of aliphatic hydroxyl groups excluding tert-OH is 1. The molecule has 4 atom stereocenters. The number of rotatable bonds is 10. The van der Waals surface area contributed by atoms with Gasteiger partial charge < -0.3 is 31.3 Å². The lowest BCUT2D eigenvalue weighted by molar-refractivity contribution is -0.144. The molecule has 0 bridgehead atoms. The maximum absolute atomic E-state index is 13.9. The number of carbonyl (C=O) groups excluding carboxylic acids is 5. The molecule has 5 N–H and O–H groups in total. The molecule has 0 spiro atoms. The van der Waals surface area contributed by atoms with Crippen LogP contribution in [0, 0.1) is 0 Å². The molecule has 43 heavy (non-hydrogen) atoms. The smallest absolute Gasteiger partial charge is 0.246 e. The first-order valence-electron chi connectivity index (χ1n) is 15.5. The lowest BCUT2D eigenvalue weighted by Gasteiger charge is -2.36. The topological polar surface area (TPSA) is 157 Å². The lowest BCUT2D eigenvalue weighted by Crippen LogP contribution is -2.65. The molecular formula is C32H49N5O6. The highest BCUT2D eigenvalue weighted by Crippen LogP contribution is 2.22. The molecular weight excluding hydrogens is 550 g/mol. The summed E-state index contributed by atoms with van der Waals surface area (Å²) >= 11 is 0. The summed E-state index contributed by atoms with van der Waals surface area (Å²) in [7, 11) is 0. The van der Waals surface area contributed by atoms with E-state index < -0.39 is 41.4 Å². The normalized spacial score (nSPS) is 25.2. The Kier molecular flexibility index (Phi) is 11.7. The van der Waals surface area contributed by atoms with Gasteiger partial charge in [0.25, 0.3) is 0 Å². The van der Waals surface area contributed by atoms with E-state index in [1.807, 2.05) is 45.0 Å². The van der Waals surface area contributed by atoms with E-state index in [0.29, 0.717) is 51.5 Å². The Morgan fingerprint density at radius 2 is 1.70 bits per heavy atom. The quantitative estimate of drug-likeness (QED) is 0.257. The average molecular weight is 600 g/mol. The predicted molar refractivity (Wildman–Crippen MR) is 163 cm³/mol. The zero-order valence-corrected chi connectivity index (χ0v) is 26.3. The number of nitrogens with zero attached hydrogens (tertiary/aromatic N) is 1. The molecule has 11 heteroatoms. The Balaban J connectivity index is 1.82. The van der Waals surface area contributed by atoms with Crippen molar-refractivity contribution in [1.29, 1.82) is 0 Å². The number of unbranched alkanes of at least 4 members (excludes halogenated alkanes) is 1. The summed E-state index contributed by atoms with van der Waals surface area (Å²) in [4.78, 5) is 68.0. The van der Waals surface area contributed by atoms with Crippen molar-refractivity contribution in [2.75, 3.05) is 13.2 Å². The summed E-state index contributed by atoms with van der Waals surface area (Å²) in [6.45, 7) is 9.56. The Bertz CT molecular complexity index is 1160. The van der Waals surface area contributed by atoms with Gasteiger partial charge in [-0.3, -0.25) is 24.0 Å². The van der Waals surface area contributed by atoms with Crippen LogP contribution in [-0.2, 0) is 36.8 Å². The number of hydrogen-bond acceptors (Lipinski definition) is 6. The van der Waals surface area contributed by atoms with Crippen LogP contribution < -0.4 is 21.3 Å². The molecule has 0 saturated carbocycles. The molecule has 3 rings (SSSR count). The minimum atomic E-state index is -1.31. The number of amides is 5. The summed E-state index contributed by atoms with van der Waals surface area (Å²) in [5.74, 6) is -1.69. The van der Waals surface area contributed by atoms with Crippen molar-refractivity contribution >= 4 is 29.5 Å². The van der Waals surface area contributed by atoms with E-state index in [1.165, 1.54) is 4.90 Å². The maximum atomic E-state index is 13.9. The Morgan fingerprint density at radius 3 is 2.33 bits per heavy atom.